The highest BCUT2D eigenvalue weighted by Gasteiger charge is 2.30. The molecule has 0 saturated carbocycles. The number of alkyl halides is 3. The van der Waals surface area contributed by atoms with Gasteiger partial charge in [0.2, 0.25) is 0 Å². The van der Waals surface area contributed by atoms with Gasteiger partial charge in [-0.05, 0) is 24.6 Å². The number of hydrogen-bond donors (Lipinski definition) is 2. The molecule has 1 aromatic carbocycles. The molecule has 2 aromatic rings. The Labute approximate surface area is 99.8 Å². The minimum absolute atomic E-state index is 0.0603. The molecule has 0 bridgehead atoms. The molecule has 0 spiro atoms. The second-order valence-electron chi connectivity index (χ2n) is 3.60. The quantitative estimate of drug-likeness (QED) is 0.866. The predicted molar refractivity (Wildman–Crippen MR) is 58.2 cm³/mol. The standard InChI is InChI=1S/C10H9F3N4O/c1-5-2-3-6(10(11,12)13)4-7(5)15-9-17-16-8(14)18-9/h2-4H,1H3,(H2,14,16)(H,15,17). The molecule has 0 aliphatic carbocycles. The third kappa shape index (κ3) is 2.53. The molecule has 0 saturated heterocycles. The molecule has 0 radical (unpaired) electrons. The lowest BCUT2D eigenvalue weighted by Gasteiger charge is -2.11. The average Bonchev–Trinajstić information content (AvgIpc) is 2.66. The van der Waals surface area contributed by atoms with Gasteiger partial charge in [-0.15, -0.1) is 0 Å². The SMILES string of the molecule is Cc1ccc(C(F)(F)F)cc1Nc1nnc(N)o1. The number of nitrogens with two attached hydrogens (primary N) is 1. The first-order valence-corrected chi connectivity index (χ1v) is 4.90. The van der Waals surface area contributed by atoms with Crippen LogP contribution in [0.3, 0.4) is 0 Å². The predicted octanol–water partition coefficient (Wildman–Crippen LogP) is 2.72. The van der Waals surface area contributed by atoms with E-state index in [1.807, 2.05) is 0 Å². The Bertz CT molecular complexity index is 564. The van der Waals surface area contributed by atoms with Crippen LogP contribution >= 0.6 is 0 Å². The van der Waals surface area contributed by atoms with Crippen molar-refractivity contribution in [2.45, 2.75) is 13.1 Å². The average molecular weight is 258 g/mol. The van der Waals surface area contributed by atoms with Crippen LogP contribution in [0.1, 0.15) is 11.1 Å². The Balaban J connectivity index is 2.32. The van der Waals surface area contributed by atoms with Gasteiger partial charge in [-0.2, -0.15) is 13.2 Å². The second-order valence-corrected chi connectivity index (χ2v) is 3.60. The first kappa shape index (κ1) is 12.2. The lowest BCUT2D eigenvalue weighted by atomic mass is 10.1. The molecule has 0 amide bonds. The van der Waals surface area contributed by atoms with E-state index in [4.69, 9.17) is 10.2 Å². The lowest BCUT2D eigenvalue weighted by Crippen LogP contribution is -2.06. The van der Waals surface area contributed by atoms with Crippen molar-refractivity contribution in [3.05, 3.63) is 29.3 Å². The molecule has 96 valence electrons. The van der Waals surface area contributed by atoms with Crippen LogP contribution in [0.2, 0.25) is 0 Å². The number of nitrogen functional groups attached to an aromatic ring is 1. The molecule has 3 N–H and O–H groups in total. The second kappa shape index (κ2) is 4.21. The molecule has 1 aromatic heterocycles. The van der Waals surface area contributed by atoms with Crippen LogP contribution in [0.15, 0.2) is 22.6 Å². The van der Waals surface area contributed by atoms with Crippen LogP contribution in [-0.4, -0.2) is 10.2 Å². The Morgan fingerprint density at radius 2 is 2.00 bits per heavy atom. The molecule has 8 heteroatoms. The van der Waals surface area contributed by atoms with E-state index in [-0.39, 0.29) is 17.7 Å². The highest BCUT2D eigenvalue weighted by Crippen LogP contribution is 2.32. The van der Waals surface area contributed by atoms with Crippen molar-refractivity contribution in [2.24, 2.45) is 0 Å². The van der Waals surface area contributed by atoms with Crippen molar-refractivity contribution >= 4 is 17.7 Å². The summed E-state index contributed by atoms with van der Waals surface area (Å²) in [6.45, 7) is 1.65. The van der Waals surface area contributed by atoms with Crippen molar-refractivity contribution in [1.29, 1.82) is 0 Å². The molecule has 0 fully saturated rings. The van der Waals surface area contributed by atoms with Crippen LogP contribution in [0.25, 0.3) is 0 Å². The van der Waals surface area contributed by atoms with Gasteiger partial charge in [0.25, 0.3) is 0 Å². The summed E-state index contributed by atoms with van der Waals surface area (Å²) >= 11 is 0. The minimum Gasteiger partial charge on any atom is -0.389 e. The number of aryl methyl sites for hydroxylation is 1. The van der Waals surface area contributed by atoms with Gasteiger partial charge in [-0.25, -0.2) is 0 Å². The number of anilines is 3. The van der Waals surface area contributed by atoms with Gasteiger partial charge in [0.05, 0.1) is 5.56 Å². The van der Waals surface area contributed by atoms with Gasteiger partial charge < -0.3 is 15.5 Å². The summed E-state index contributed by atoms with van der Waals surface area (Å²) in [6.07, 6.45) is -4.40. The summed E-state index contributed by atoms with van der Waals surface area (Å²) in [4.78, 5) is 0. The van der Waals surface area contributed by atoms with Crippen molar-refractivity contribution in [1.82, 2.24) is 10.2 Å². The van der Waals surface area contributed by atoms with E-state index >= 15 is 0 Å². The highest BCUT2D eigenvalue weighted by molar-refractivity contribution is 5.59. The fourth-order valence-electron chi connectivity index (χ4n) is 1.33. The van der Waals surface area contributed by atoms with E-state index in [2.05, 4.69) is 15.5 Å². The van der Waals surface area contributed by atoms with Crippen LogP contribution in [0.4, 0.5) is 30.9 Å². The number of hydrogen-bond acceptors (Lipinski definition) is 5. The van der Waals surface area contributed by atoms with E-state index in [9.17, 15) is 13.2 Å². The molecule has 1 heterocycles. The van der Waals surface area contributed by atoms with Crippen LogP contribution in [-0.2, 0) is 6.18 Å². The van der Waals surface area contributed by atoms with E-state index in [0.717, 1.165) is 12.1 Å². The van der Waals surface area contributed by atoms with E-state index < -0.39 is 11.7 Å². The monoisotopic (exact) mass is 258 g/mol. The topological polar surface area (TPSA) is 77.0 Å². The Hall–Kier alpha value is -2.25. The largest absolute Gasteiger partial charge is 0.416 e. The van der Waals surface area contributed by atoms with E-state index in [0.29, 0.717) is 5.56 Å². The zero-order chi connectivity index (χ0) is 13.3. The number of rotatable bonds is 2. The fourth-order valence-corrected chi connectivity index (χ4v) is 1.33. The van der Waals surface area contributed by atoms with Crippen molar-refractivity contribution in [2.75, 3.05) is 11.1 Å². The summed E-state index contributed by atoms with van der Waals surface area (Å²) in [5.41, 5.74) is 5.29. The normalized spacial score (nSPS) is 11.6. The molecular weight excluding hydrogens is 249 g/mol. The van der Waals surface area contributed by atoms with Gasteiger partial charge in [-0.1, -0.05) is 16.3 Å². The van der Waals surface area contributed by atoms with Crippen molar-refractivity contribution < 1.29 is 17.6 Å². The summed E-state index contributed by atoms with van der Waals surface area (Å²) in [7, 11) is 0. The summed E-state index contributed by atoms with van der Waals surface area (Å²) in [6, 6.07) is 3.10. The van der Waals surface area contributed by atoms with Crippen LogP contribution < -0.4 is 11.1 Å². The zero-order valence-electron chi connectivity index (χ0n) is 9.25. The van der Waals surface area contributed by atoms with Gasteiger partial charge in [0.15, 0.2) is 0 Å². The molecule has 0 atom stereocenters. The maximum Gasteiger partial charge on any atom is 0.416 e. The summed E-state index contributed by atoms with van der Waals surface area (Å²) < 4.78 is 42.5. The molecular formula is C10H9F3N4O. The first-order chi connectivity index (χ1) is 8.36. The zero-order valence-corrected chi connectivity index (χ0v) is 9.25. The third-order valence-corrected chi connectivity index (χ3v) is 2.25. The maximum atomic E-state index is 12.5. The van der Waals surface area contributed by atoms with Crippen molar-refractivity contribution in [3.8, 4) is 0 Å². The smallest absolute Gasteiger partial charge is 0.389 e. The van der Waals surface area contributed by atoms with Crippen LogP contribution in [0, 0.1) is 6.92 Å². The van der Waals surface area contributed by atoms with E-state index in [1.165, 1.54) is 6.07 Å². The Morgan fingerprint density at radius 3 is 2.56 bits per heavy atom. The van der Waals surface area contributed by atoms with Gasteiger partial charge in [0.1, 0.15) is 0 Å². The van der Waals surface area contributed by atoms with E-state index in [1.54, 1.807) is 6.92 Å². The number of nitrogens with zero attached hydrogens (tertiary/aromatic N) is 2. The first-order valence-electron chi connectivity index (χ1n) is 4.90. The number of nitrogens with one attached hydrogen (secondary N) is 1. The molecule has 0 aliphatic rings. The molecule has 0 unspecified atom stereocenters. The molecule has 2 rings (SSSR count). The Morgan fingerprint density at radius 1 is 1.28 bits per heavy atom. The van der Waals surface area contributed by atoms with Crippen LogP contribution in [0.5, 0.6) is 0 Å². The highest BCUT2D eigenvalue weighted by atomic mass is 19.4. The maximum absolute atomic E-state index is 12.5. The van der Waals surface area contributed by atoms with Gasteiger partial charge in [0, 0.05) is 5.69 Å². The van der Waals surface area contributed by atoms with Gasteiger partial charge >= 0.3 is 18.2 Å². The number of aromatic nitrogens is 2. The number of halogens is 3. The van der Waals surface area contributed by atoms with Gasteiger partial charge in [-0.3, -0.25) is 0 Å². The summed E-state index contributed by atoms with van der Waals surface area (Å²) in [5.74, 6) is 0. The number of benzene rings is 1. The lowest BCUT2D eigenvalue weighted by molar-refractivity contribution is -0.137. The third-order valence-electron chi connectivity index (χ3n) is 2.25. The minimum atomic E-state index is -4.40. The fraction of sp³-hybridized carbons (Fsp3) is 0.200. The molecule has 5 nitrogen and oxygen atoms in total. The van der Waals surface area contributed by atoms with Crippen molar-refractivity contribution in [3.63, 3.8) is 0 Å². The molecule has 18 heavy (non-hydrogen) atoms. The Kier molecular flexibility index (Phi) is 2.85. The molecule has 0 aliphatic heterocycles. The summed E-state index contributed by atoms with van der Waals surface area (Å²) in [5, 5.41) is 9.49.